The standard InChI is InChI=1S/C23H40O/c1-3-5-7-8-20-9-11-21(12-10-20)13-14-22-15-17-23(18-16-22)24-19-6-4-2/h15,18,20-21H,3-14,16-17,19H2,1-2H3/t20-,21-. The van der Waals surface area contributed by atoms with Gasteiger partial charge in [0.05, 0.1) is 12.4 Å². The SMILES string of the molecule is CCCCC[C@H]1CC[C@H](CCC2=CCC(OCCCC)=CC2)CC1. The van der Waals surface area contributed by atoms with E-state index in [2.05, 4.69) is 26.0 Å². The summed E-state index contributed by atoms with van der Waals surface area (Å²) in [6.07, 6.45) is 23.8. The Balaban J connectivity index is 1.55. The van der Waals surface area contributed by atoms with Crippen molar-refractivity contribution in [1.82, 2.24) is 0 Å². The van der Waals surface area contributed by atoms with Crippen LogP contribution in [0, 0.1) is 11.8 Å². The molecule has 2 aliphatic carbocycles. The Kier molecular flexibility index (Phi) is 9.61. The monoisotopic (exact) mass is 332 g/mol. The molecule has 0 unspecified atom stereocenters. The van der Waals surface area contributed by atoms with Gasteiger partial charge in [0.2, 0.25) is 0 Å². The van der Waals surface area contributed by atoms with E-state index in [0.29, 0.717) is 0 Å². The van der Waals surface area contributed by atoms with Crippen molar-refractivity contribution in [3.05, 3.63) is 23.5 Å². The second-order valence-electron chi connectivity index (χ2n) is 8.06. The fraction of sp³-hybridized carbons (Fsp3) is 0.826. The van der Waals surface area contributed by atoms with Crippen molar-refractivity contribution in [2.75, 3.05) is 6.61 Å². The molecule has 1 nitrogen and oxygen atoms in total. The van der Waals surface area contributed by atoms with Crippen LogP contribution in [0.5, 0.6) is 0 Å². The molecule has 138 valence electrons. The van der Waals surface area contributed by atoms with Crippen LogP contribution in [-0.4, -0.2) is 6.61 Å². The van der Waals surface area contributed by atoms with Gasteiger partial charge >= 0.3 is 0 Å². The summed E-state index contributed by atoms with van der Waals surface area (Å²) < 4.78 is 5.83. The molecule has 0 aromatic rings. The molecule has 0 amide bonds. The van der Waals surface area contributed by atoms with E-state index in [4.69, 9.17) is 4.74 Å². The number of ether oxygens (including phenoxy) is 1. The van der Waals surface area contributed by atoms with Gasteiger partial charge in [-0.25, -0.2) is 0 Å². The van der Waals surface area contributed by atoms with Crippen molar-refractivity contribution in [1.29, 1.82) is 0 Å². The van der Waals surface area contributed by atoms with Gasteiger partial charge in [-0.1, -0.05) is 83.3 Å². The molecule has 0 saturated heterocycles. The highest BCUT2D eigenvalue weighted by Crippen LogP contribution is 2.35. The van der Waals surface area contributed by atoms with Crippen molar-refractivity contribution >= 4 is 0 Å². The Labute approximate surface area is 150 Å². The molecule has 0 aromatic carbocycles. The fourth-order valence-corrected chi connectivity index (χ4v) is 4.21. The predicted octanol–water partition coefficient (Wildman–Crippen LogP) is 7.57. The van der Waals surface area contributed by atoms with Gasteiger partial charge < -0.3 is 4.74 Å². The number of rotatable bonds is 11. The Morgan fingerprint density at radius 2 is 1.54 bits per heavy atom. The summed E-state index contributed by atoms with van der Waals surface area (Å²) >= 11 is 0. The van der Waals surface area contributed by atoms with Crippen LogP contribution in [0.2, 0.25) is 0 Å². The van der Waals surface area contributed by atoms with E-state index < -0.39 is 0 Å². The van der Waals surface area contributed by atoms with Gasteiger partial charge in [-0.15, -0.1) is 0 Å². The van der Waals surface area contributed by atoms with Crippen LogP contribution in [0.4, 0.5) is 0 Å². The maximum Gasteiger partial charge on any atom is 0.0960 e. The lowest BCUT2D eigenvalue weighted by Gasteiger charge is -2.29. The van der Waals surface area contributed by atoms with Gasteiger partial charge in [0.15, 0.2) is 0 Å². The number of allylic oxidation sites excluding steroid dienone is 3. The normalized spacial score (nSPS) is 24.4. The zero-order chi connectivity index (χ0) is 17.0. The van der Waals surface area contributed by atoms with E-state index in [1.54, 1.807) is 5.57 Å². The van der Waals surface area contributed by atoms with Gasteiger partial charge in [0, 0.05) is 6.42 Å². The zero-order valence-corrected chi connectivity index (χ0v) is 16.3. The number of unbranched alkanes of at least 4 members (excludes halogenated alkanes) is 3. The van der Waals surface area contributed by atoms with Gasteiger partial charge in [-0.3, -0.25) is 0 Å². The summed E-state index contributed by atoms with van der Waals surface area (Å²) in [6, 6.07) is 0. The van der Waals surface area contributed by atoms with Gasteiger partial charge in [0.1, 0.15) is 0 Å². The minimum Gasteiger partial charge on any atom is -0.498 e. The second-order valence-corrected chi connectivity index (χ2v) is 8.06. The van der Waals surface area contributed by atoms with Crippen molar-refractivity contribution in [3.8, 4) is 0 Å². The number of hydrogen-bond donors (Lipinski definition) is 0. The highest BCUT2D eigenvalue weighted by atomic mass is 16.5. The molecular formula is C23H40O. The quantitative estimate of drug-likeness (QED) is 0.280. The van der Waals surface area contributed by atoms with Crippen LogP contribution in [0.3, 0.4) is 0 Å². The summed E-state index contributed by atoms with van der Waals surface area (Å²) in [5, 5.41) is 0. The Hall–Kier alpha value is -0.720. The molecule has 0 spiro atoms. The van der Waals surface area contributed by atoms with Crippen LogP contribution in [0.15, 0.2) is 23.5 Å². The van der Waals surface area contributed by atoms with Crippen LogP contribution >= 0.6 is 0 Å². The first-order valence-electron chi connectivity index (χ1n) is 10.8. The maximum absolute atomic E-state index is 5.83. The summed E-state index contributed by atoms with van der Waals surface area (Å²) in [5.41, 5.74) is 1.66. The van der Waals surface area contributed by atoms with Crippen molar-refractivity contribution < 1.29 is 4.74 Å². The first-order chi connectivity index (χ1) is 11.8. The zero-order valence-electron chi connectivity index (χ0n) is 16.3. The van der Waals surface area contributed by atoms with Crippen LogP contribution in [-0.2, 0) is 4.74 Å². The molecule has 2 rings (SSSR count). The topological polar surface area (TPSA) is 9.23 Å². The molecule has 0 aliphatic heterocycles. The summed E-state index contributed by atoms with van der Waals surface area (Å²) in [5.74, 6) is 3.26. The van der Waals surface area contributed by atoms with E-state index in [1.807, 2.05) is 0 Å². The van der Waals surface area contributed by atoms with Crippen LogP contribution < -0.4 is 0 Å². The van der Waals surface area contributed by atoms with E-state index in [0.717, 1.165) is 31.3 Å². The Bertz CT molecular complexity index is 385. The van der Waals surface area contributed by atoms with Crippen molar-refractivity contribution in [2.24, 2.45) is 11.8 Å². The largest absolute Gasteiger partial charge is 0.498 e. The first kappa shape index (κ1) is 19.6. The minimum absolute atomic E-state index is 0.896. The molecule has 0 atom stereocenters. The lowest BCUT2D eigenvalue weighted by Crippen LogP contribution is -2.15. The molecule has 1 fully saturated rings. The van der Waals surface area contributed by atoms with Crippen molar-refractivity contribution in [2.45, 2.75) is 104 Å². The molecule has 0 N–H and O–H groups in total. The second kappa shape index (κ2) is 11.8. The van der Waals surface area contributed by atoms with Gasteiger partial charge in [-0.2, -0.15) is 0 Å². The smallest absolute Gasteiger partial charge is 0.0960 e. The third kappa shape index (κ3) is 7.45. The molecule has 2 aliphatic rings. The molecule has 1 heteroatoms. The first-order valence-corrected chi connectivity index (χ1v) is 10.8. The maximum atomic E-state index is 5.83. The van der Waals surface area contributed by atoms with E-state index >= 15 is 0 Å². The fourth-order valence-electron chi connectivity index (χ4n) is 4.21. The predicted molar refractivity (Wildman–Crippen MR) is 105 cm³/mol. The molecule has 24 heavy (non-hydrogen) atoms. The Morgan fingerprint density at radius 1 is 0.833 bits per heavy atom. The Morgan fingerprint density at radius 3 is 2.17 bits per heavy atom. The van der Waals surface area contributed by atoms with E-state index in [1.165, 1.54) is 82.8 Å². The van der Waals surface area contributed by atoms with E-state index in [-0.39, 0.29) is 0 Å². The lowest BCUT2D eigenvalue weighted by atomic mass is 9.77. The highest BCUT2D eigenvalue weighted by Gasteiger charge is 2.21. The molecule has 1 saturated carbocycles. The summed E-state index contributed by atoms with van der Waals surface area (Å²) in [7, 11) is 0. The average molecular weight is 333 g/mol. The molecular weight excluding hydrogens is 292 g/mol. The van der Waals surface area contributed by atoms with E-state index in [9.17, 15) is 0 Å². The molecule has 0 bridgehead atoms. The molecule has 0 heterocycles. The minimum atomic E-state index is 0.896. The average Bonchev–Trinajstić information content (AvgIpc) is 2.63. The van der Waals surface area contributed by atoms with Crippen molar-refractivity contribution in [3.63, 3.8) is 0 Å². The summed E-state index contributed by atoms with van der Waals surface area (Å²) in [4.78, 5) is 0. The van der Waals surface area contributed by atoms with Crippen LogP contribution in [0.25, 0.3) is 0 Å². The molecule has 0 aromatic heterocycles. The highest BCUT2D eigenvalue weighted by molar-refractivity contribution is 5.18. The third-order valence-corrected chi connectivity index (χ3v) is 6.03. The lowest BCUT2D eigenvalue weighted by molar-refractivity contribution is 0.200. The molecule has 0 radical (unpaired) electrons. The van der Waals surface area contributed by atoms with Gasteiger partial charge in [0.25, 0.3) is 0 Å². The number of hydrogen-bond acceptors (Lipinski definition) is 1. The van der Waals surface area contributed by atoms with Gasteiger partial charge in [-0.05, 0) is 43.6 Å². The van der Waals surface area contributed by atoms with Crippen LogP contribution in [0.1, 0.15) is 104 Å². The third-order valence-electron chi connectivity index (χ3n) is 6.03. The summed E-state index contributed by atoms with van der Waals surface area (Å²) in [6.45, 7) is 5.43.